The van der Waals surface area contributed by atoms with Gasteiger partial charge in [0, 0.05) is 18.7 Å². The maximum atomic E-state index is 14.1. The van der Waals surface area contributed by atoms with Crippen molar-refractivity contribution in [3.8, 4) is 16.3 Å². The van der Waals surface area contributed by atoms with Crippen LogP contribution in [0.1, 0.15) is 69.0 Å². The first-order chi connectivity index (χ1) is 15.0. The van der Waals surface area contributed by atoms with Gasteiger partial charge >= 0.3 is 6.09 Å². The van der Waals surface area contributed by atoms with Crippen LogP contribution in [0.15, 0.2) is 18.2 Å². The first kappa shape index (κ1) is 22.1. The minimum Gasteiger partial charge on any atom is -0.489 e. The van der Waals surface area contributed by atoms with Crippen LogP contribution in [-0.2, 0) is 11.3 Å². The van der Waals surface area contributed by atoms with Gasteiger partial charge in [-0.15, -0.1) is 11.3 Å². The third-order valence-corrected chi connectivity index (χ3v) is 7.39. The Balaban J connectivity index is 1.43. The number of thiophene rings is 1. The molecule has 4 rings (SSSR count). The fourth-order valence-corrected chi connectivity index (χ4v) is 5.43. The lowest BCUT2D eigenvalue weighted by Gasteiger charge is -2.24. The molecule has 7 heteroatoms. The Hall–Kier alpha value is -2.15. The van der Waals surface area contributed by atoms with E-state index >= 15 is 0 Å². The van der Waals surface area contributed by atoms with Crippen LogP contribution >= 0.6 is 11.3 Å². The Morgan fingerprint density at radius 3 is 2.58 bits per heavy atom. The quantitative estimate of drug-likeness (QED) is 0.510. The molecule has 168 valence electrons. The Morgan fingerprint density at radius 1 is 1.16 bits per heavy atom. The number of hydrogen-bond donors (Lipinski definition) is 0. The number of carbonyl (C=O) groups excluding carboxylic acids is 1. The van der Waals surface area contributed by atoms with Crippen LogP contribution in [0.2, 0.25) is 0 Å². The number of ether oxygens (including phenoxy) is 2. The summed E-state index contributed by atoms with van der Waals surface area (Å²) in [5.41, 5.74) is 2.11. The zero-order chi connectivity index (χ0) is 21.8. The SMILES string of the molecule is Cc1nc(-c2sc(F)cc2COC(=O)N(C)C2CCCC2)ccc1OC1CCCCC1. The summed E-state index contributed by atoms with van der Waals surface area (Å²) in [6.07, 6.45) is 10.1. The highest BCUT2D eigenvalue weighted by Gasteiger charge is 2.25. The predicted octanol–water partition coefficient (Wildman–Crippen LogP) is 6.48. The molecule has 2 aromatic heterocycles. The molecule has 0 unspecified atom stereocenters. The van der Waals surface area contributed by atoms with Crippen molar-refractivity contribution < 1.29 is 18.7 Å². The van der Waals surface area contributed by atoms with Gasteiger partial charge in [0.05, 0.1) is 22.4 Å². The summed E-state index contributed by atoms with van der Waals surface area (Å²) in [5.74, 6) is 0.791. The lowest BCUT2D eigenvalue weighted by Crippen LogP contribution is -2.35. The molecule has 2 aliphatic carbocycles. The molecule has 0 aromatic carbocycles. The number of rotatable bonds is 6. The summed E-state index contributed by atoms with van der Waals surface area (Å²) in [5, 5.41) is -0.313. The summed E-state index contributed by atoms with van der Waals surface area (Å²) in [6, 6.07) is 5.47. The van der Waals surface area contributed by atoms with Crippen molar-refractivity contribution in [1.29, 1.82) is 0 Å². The Kier molecular flexibility index (Phi) is 7.10. The molecule has 0 aliphatic heterocycles. The van der Waals surface area contributed by atoms with Gasteiger partial charge in [-0.05, 0) is 63.6 Å². The van der Waals surface area contributed by atoms with Crippen LogP contribution in [0.3, 0.4) is 0 Å². The van der Waals surface area contributed by atoms with E-state index in [1.54, 1.807) is 11.9 Å². The van der Waals surface area contributed by atoms with E-state index < -0.39 is 0 Å². The van der Waals surface area contributed by atoms with E-state index in [0.717, 1.165) is 61.3 Å². The van der Waals surface area contributed by atoms with Crippen LogP contribution in [0.5, 0.6) is 5.75 Å². The van der Waals surface area contributed by atoms with E-state index in [1.807, 2.05) is 19.1 Å². The van der Waals surface area contributed by atoms with Gasteiger partial charge in [-0.2, -0.15) is 4.39 Å². The number of hydrogen-bond acceptors (Lipinski definition) is 5. The third-order valence-electron chi connectivity index (χ3n) is 6.41. The fourth-order valence-electron chi connectivity index (χ4n) is 4.56. The average Bonchev–Trinajstić information content (AvgIpc) is 3.43. The molecule has 0 saturated heterocycles. The molecule has 2 aromatic rings. The van der Waals surface area contributed by atoms with Gasteiger partial charge in [-0.1, -0.05) is 19.3 Å². The van der Waals surface area contributed by atoms with E-state index in [-0.39, 0.29) is 30.0 Å². The Morgan fingerprint density at radius 2 is 1.87 bits per heavy atom. The number of aryl methyl sites for hydroxylation is 1. The van der Waals surface area contributed by atoms with E-state index in [9.17, 15) is 9.18 Å². The zero-order valence-electron chi connectivity index (χ0n) is 18.4. The fraction of sp³-hybridized carbons (Fsp3) is 0.583. The number of nitrogens with zero attached hydrogens (tertiary/aromatic N) is 2. The van der Waals surface area contributed by atoms with Crippen LogP contribution < -0.4 is 4.74 Å². The second-order valence-corrected chi connectivity index (χ2v) is 9.67. The predicted molar refractivity (Wildman–Crippen MR) is 120 cm³/mol. The van der Waals surface area contributed by atoms with Gasteiger partial charge in [0.25, 0.3) is 0 Å². The van der Waals surface area contributed by atoms with Gasteiger partial charge in [-0.25, -0.2) is 9.78 Å². The maximum absolute atomic E-state index is 14.1. The highest BCUT2D eigenvalue weighted by Crippen LogP contribution is 2.34. The molecule has 0 radical (unpaired) electrons. The first-order valence-electron chi connectivity index (χ1n) is 11.3. The van der Waals surface area contributed by atoms with Crippen molar-refractivity contribution in [1.82, 2.24) is 9.88 Å². The molecule has 0 N–H and O–H groups in total. The number of carbonyl (C=O) groups is 1. The molecular weight excluding hydrogens is 415 g/mol. The molecule has 2 heterocycles. The van der Waals surface area contributed by atoms with Gasteiger partial charge in [0.15, 0.2) is 5.13 Å². The molecule has 0 spiro atoms. The van der Waals surface area contributed by atoms with Crippen molar-refractivity contribution in [2.45, 2.75) is 83.5 Å². The van der Waals surface area contributed by atoms with Gasteiger partial charge in [-0.3, -0.25) is 0 Å². The number of pyridine rings is 1. The highest BCUT2D eigenvalue weighted by atomic mass is 32.1. The monoisotopic (exact) mass is 446 g/mol. The van der Waals surface area contributed by atoms with Crippen LogP contribution in [0.25, 0.3) is 10.6 Å². The van der Waals surface area contributed by atoms with E-state index in [1.165, 1.54) is 25.3 Å². The second kappa shape index (κ2) is 9.98. The lowest BCUT2D eigenvalue weighted by molar-refractivity contribution is 0.0919. The topological polar surface area (TPSA) is 51.7 Å². The average molecular weight is 447 g/mol. The summed E-state index contributed by atoms with van der Waals surface area (Å²) >= 11 is 1.03. The molecule has 0 atom stereocenters. The number of amides is 1. The minimum atomic E-state index is -0.357. The highest BCUT2D eigenvalue weighted by molar-refractivity contribution is 7.14. The summed E-state index contributed by atoms with van der Waals surface area (Å²) < 4.78 is 25.8. The molecule has 0 bridgehead atoms. The molecular formula is C24H31FN2O3S. The van der Waals surface area contributed by atoms with Crippen molar-refractivity contribution in [2.75, 3.05) is 7.05 Å². The smallest absolute Gasteiger partial charge is 0.410 e. The minimum absolute atomic E-state index is 0.0344. The first-order valence-corrected chi connectivity index (χ1v) is 12.2. The summed E-state index contributed by atoms with van der Waals surface area (Å²) in [7, 11) is 1.78. The van der Waals surface area contributed by atoms with Crippen molar-refractivity contribution in [2.24, 2.45) is 0 Å². The molecule has 2 aliphatic rings. The van der Waals surface area contributed by atoms with Crippen LogP contribution in [0, 0.1) is 12.1 Å². The van der Waals surface area contributed by atoms with Gasteiger partial charge in [0.2, 0.25) is 0 Å². The number of halogens is 1. The normalized spacial score (nSPS) is 17.6. The Labute approximate surface area is 187 Å². The van der Waals surface area contributed by atoms with E-state index in [2.05, 4.69) is 4.98 Å². The molecule has 2 fully saturated rings. The summed E-state index contributed by atoms with van der Waals surface area (Å²) in [4.78, 5) is 19.5. The van der Waals surface area contributed by atoms with E-state index in [0.29, 0.717) is 16.1 Å². The molecule has 2 saturated carbocycles. The van der Waals surface area contributed by atoms with Crippen molar-refractivity contribution in [3.63, 3.8) is 0 Å². The standard InChI is InChI=1S/C24H31FN2O3S/c1-16-21(30-19-10-4-3-5-11-19)13-12-20(26-16)23-17(14-22(25)31-23)15-29-24(28)27(2)18-8-6-7-9-18/h12-14,18-19H,3-11,15H2,1-2H3. The largest absolute Gasteiger partial charge is 0.489 e. The number of aromatic nitrogens is 1. The van der Waals surface area contributed by atoms with Crippen LogP contribution in [0.4, 0.5) is 9.18 Å². The Bertz CT molecular complexity index is 904. The van der Waals surface area contributed by atoms with Gasteiger partial charge < -0.3 is 14.4 Å². The van der Waals surface area contributed by atoms with Crippen molar-refractivity contribution >= 4 is 17.4 Å². The van der Waals surface area contributed by atoms with Crippen molar-refractivity contribution in [3.05, 3.63) is 34.6 Å². The van der Waals surface area contributed by atoms with Crippen LogP contribution in [-0.4, -0.2) is 35.2 Å². The van der Waals surface area contributed by atoms with Gasteiger partial charge in [0.1, 0.15) is 12.4 Å². The molecule has 31 heavy (non-hydrogen) atoms. The lowest BCUT2D eigenvalue weighted by atomic mass is 9.98. The maximum Gasteiger partial charge on any atom is 0.410 e. The zero-order valence-corrected chi connectivity index (χ0v) is 19.2. The second-order valence-electron chi connectivity index (χ2n) is 8.67. The summed E-state index contributed by atoms with van der Waals surface area (Å²) in [6.45, 7) is 1.95. The third kappa shape index (κ3) is 5.37. The van der Waals surface area contributed by atoms with E-state index in [4.69, 9.17) is 9.47 Å². The molecule has 5 nitrogen and oxygen atoms in total. The molecule has 1 amide bonds.